The van der Waals surface area contributed by atoms with Gasteiger partial charge in [-0.2, -0.15) is 0 Å². The summed E-state index contributed by atoms with van der Waals surface area (Å²) in [4.78, 5) is 19.4. The number of thiophene rings is 1. The summed E-state index contributed by atoms with van der Waals surface area (Å²) >= 11 is 1.32. The van der Waals surface area contributed by atoms with Gasteiger partial charge in [0.05, 0.1) is 24.5 Å². The molecular formula is C29H25N3O2S. The molecule has 2 aromatic heterocycles. The van der Waals surface area contributed by atoms with Crippen molar-refractivity contribution in [3.63, 3.8) is 0 Å². The minimum Gasteiger partial charge on any atom is -0.497 e. The molecule has 0 spiro atoms. The molecule has 5 nitrogen and oxygen atoms in total. The number of methoxy groups -OCH3 is 1. The molecule has 5 rings (SSSR count). The van der Waals surface area contributed by atoms with Crippen LogP contribution in [0.4, 0.5) is 5.69 Å². The Labute approximate surface area is 208 Å². The van der Waals surface area contributed by atoms with Crippen molar-refractivity contribution in [1.29, 1.82) is 0 Å². The van der Waals surface area contributed by atoms with Crippen molar-refractivity contribution < 1.29 is 9.53 Å². The summed E-state index contributed by atoms with van der Waals surface area (Å²) < 4.78 is 5.33. The number of carbonyl (C=O) groups is 1. The molecule has 3 aromatic carbocycles. The molecule has 0 radical (unpaired) electrons. The number of hydrogen-bond acceptors (Lipinski definition) is 5. The summed E-state index contributed by atoms with van der Waals surface area (Å²) in [6.45, 7) is 1.96. The van der Waals surface area contributed by atoms with Crippen LogP contribution in [0.1, 0.15) is 28.2 Å². The topological polar surface area (TPSA) is 77.2 Å². The van der Waals surface area contributed by atoms with E-state index in [1.807, 2.05) is 97.9 Å². The van der Waals surface area contributed by atoms with E-state index in [-0.39, 0.29) is 11.9 Å². The SMILES string of the molecule is COc1ccc(-c2cc(-c3ccccc3)nc3sc(C(=O)NC(C)c4ccccc4)c(N)c23)cc1. The van der Waals surface area contributed by atoms with Gasteiger partial charge in [0, 0.05) is 10.9 Å². The number of carbonyl (C=O) groups excluding carboxylic acids is 1. The molecule has 1 atom stereocenters. The van der Waals surface area contributed by atoms with Crippen LogP contribution >= 0.6 is 11.3 Å². The Balaban J connectivity index is 1.62. The minimum atomic E-state index is -0.205. The molecule has 6 heteroatoms. The standard InChI is InChI=1S/C29H25N3O2S/c1-18(19-9-5-3-6-10-19)31-28(33)27-26(30)25-23(20-13-15-22(34-2)16-14-20)17-24(32-29(25)35-27)21-11-7-4-8-12-21/h3-18H,30H2,1-2H3,(H,31,33). The zero-order valence-electron chi connectivity index (χ0n) is 19.5. The van der Waals surface area contributed by atoms with Crippen LogP contribution in [-0.2, 0) is 0 Å². The molecule has 1 amide bonds. The number of nitrogen functional groups attached to an aromatic ring is 1. The largest absolute Gasteiger partial charge is 0.497 e. The number of benzene rings is 3. The van der Waals surface area contributed by atoms with Crippen LogP contribution < -0.4 is 15.8 Å². The van der Waals surface area contributed by atoms with E-state index in [1.165, 1.54) is 11.3 Å². The Kier molecular flexibility index (Phi) is 6.21. The number of ether oxygens (including phenoxy) is 1. The molecule has 0 saturated heterocycles. The highest BCUT2D eigenvalue weighted by atomic mass is 32.1. The molecule has 0 aliphatic rings. The van der Waals surface area contributed by atoms with Crippen LogP contribution in [-0.4, -0.2) is 18.0 Å². The molecule has 174 valence electrons. The summed E-state index contributed by atoms with van der Waals surface area (Å²) in [5.74, 6) is 0.569. The average Bonchev–Trinajstić information content (AvgIpc) is 3.25. The van der Waals surface area contributed by atoms with Gasteiger partial charge in [-0.15, -0.1) is 11.3 Å². The van der Waals surface area contributed by atoms with E-state index < -0.39 is 0 Å². The van der Waals surface area contributed by atoms with Crippen LogP contribution in [0.2, 0.25) is 0 Å². The van der Waals surface area contributed by atoms with Crippen molar-refractivity contribution in [3.8, 4) is 28.1 Å². The number of aromatic nitrogens is 1. The third-order valence-corrected chi connectivity index (χ3v) is 7.12. The number of hydrogen-bond donors (Lipinski definition) is 2. The number of anilines is 1. The monoisotopic (exact) mass is 479 g/mol. The smallest absolute Gasteiger partial charge is 0.264 e. The first-order valence-electron chi connectivity index (χ1n) is 11.3. The van der Waals surface area contributed by atoms with Gasteiger partial charge in [0.1, 0.15) is 15.5 Å². The number of nitrogens with zero attached hydrogens (tertiary/aromatic N) is 1. The number of rotatable bonds is 6. The van der Waals surface area contributed by atoms with E-state index in [4.69, 9.17) is 15.5 Å². The van der Waals surface area contributed by atoms with Crippen LogP contribution in [0.5, 0.6) is 5.75 Å². The highest BCUT2D eigenvalue weighted by Gasteiger charge is 2.23. The van der Waals surface area contributed by atoms with E-state index in [2.05, 4.69) is 5.32 Å². The Morgan fingerprint density at radius 2 is 1.60 bits per heavy atom. The summed E-state index contributed by atoms with van der Waals surface area (Å²) in [6, 6.07) is 29.6. The predicted octanol–water partition coefficient (Wildman–Crippen LogP) is 6.71. The van der Waals surface area contributed by atoms with Gasteiger partial charge in [0.15, 0.2) is 0 Å². The molecule has 2 heterocycles. The van der Waals surface area contributed by atoms with Crippen molar-refractivity contribution in [2.75, 3.05) is 12.8 Å². The van der Waals surface area contributed by atoms with Crippen molar-refractivity contribution in [2.45, 2.75) is 13.0 Å². The third-order valence-electron chi connectivity index (χ3n) is 6.02. The molecule has 1 unspecified atom stereocenters. The maximum absolute atomic E-state index is 13.3. The van der Waals surface area contributed by atoms with Crippen LogP contribution in [0.3, 0.4) is 0 Å². The Morgan fingerprint density at radius 3 is 2.26 bits per heavy atom. The number of fused-ring (bicyclic) bond motifs is 1. The van der Waals surface area contributed by atoms with Crippen molar-refractivity contribution >= 4 is 33.1 Å². The predicted molar refractivity (Wildman–Crippen MR) is 144 cm³/mol. The van der Waals surface area contributed by atoms with Gasteiger partial charge in [0.25, 0.3) is 5.91 Å². The van der Waals surface area contributed by atoms with Gasteiger partial charge in [0.2, 0.25) is 0 Å². The zero-order chi connectivity index (χ0) is 24.4. The first-order valence-corrected chi connectivity index (χ1v) is 12.2. The zero-order valence-corrected chi connectivity index (χ0v) is 20.3. The lowest BCUT2D eigenvalue weighted by atomic mass is 9.99. The van der Waals surface area contributed by atoms with E-state index in [0.717, 1.165) is 43.9 Å². The van der Waals surface area contributed by atoms with Gasteiger partial charge >= 0.3 is 0 Å². The molecule has 0 fully saturated rings. The average molecular weight is 480 g/mol. The Morgan fingerprint density at radius 1 is 0.943 bits per heavy atom. The third kappa shape index (κ3) is 4.48. The van der Waals surface area contributed by atoms with Crippen molar-refractivity contribution in [2.24, 2.45) is 0 Å². The second-order valence-electron chi connectivity index (χ2n) is 8.28. The lowest BCUT2D eigenvalue weighted by Gasteiger charge is -2.14. The fourth-order valence-electron chi connectivity index (χ4n) is 4.13. The first kappa shape index (κ1) is 22.6. The number of nitrogens with two attached hydrogens (primary N) is 1. The minimum absolute atomic E-state index is 0.151. The normalized spacial score (nSPS) is 11.8. The molecular weight excluding hydrogens is 454 g/mol. The highest BCUT2D eigenvalue weighted by Crippen LogP contribution is 2.41. The van der Waals surface area contributed by atoms with E-state index >= 15 is 0 Å². The van der Waals surface area contributed by atoms with Crippen molar-refractivity contribution in [3.05, 3.63) is 101 Å². The number of nitrogens with one attached hydrogen (secondary N) is 1. The van der Waals surface area contributed by atoms with Crippen LogP contribution in [0.15, 0.2) is 91.0 Å². The fraction of sp³-hybridized carbons (Fsp3) is 0.103. The Hall–Kier alpha value is -4.16. The maximum Gasteiger partial charge on any atom is 0.264 e. The lowest BCUT2D eigenvalue weighted by Crippen LogP contribution is -2.26. The van der Waals surface area contributed by atoms with Gasteiger partial charge < -0.3 is 15.8 Å². The van der Waals surface area contributed by atoms with E-state index in [1.54, 1.807) is 7.11 Å². The molecule has 5 aromatic rings. The summed E-state index contributed by atoms with van der Waals surface area (Å²) in [5, 5.41) is 3.87. The number of amides is 1. The summed E-state index contributed by atoms with van der Waals surface area (Å²) in [7, 11) is 1.64. The quantitative estimate of drug-likeness (QED) is 0.284. The first-order chi connectivity index (χ1) is 17.0. The van der Waals surface area contributed by atoms with Gasteiger partial charge in [-0.1, -0.05) is 72.8 Å². The van der Waals surface area contributed by atoms with Gasteiger partial charge in [-0.3, -0.25) is 4.79 Å². The van der Waals surface area contributed by atoms with Crippen molar-refractivity contribution in [1.82, 2.24) is 10.3 Å². The van der Waals surface area contributed by atoms with E-state index in [0.29, 0.717) is 10.6 Å². The number of pyridine rings is 1. The molecule has 3 N–H and O–H groups in total. The van der Waals surface area contributed by atoms with E-state index in [9.17, 15) is 4.79 Å². The fourth-order valence-corrected chi connectivity index (χ4v) is 5.15. The molecule has 0 aliphatic carbocycles. The Bertz CT molecular complexity index is 1480. The molecule has 0 saturated carbocycles. The van der Waals surface area contributed by atoms with Crippen LogP contribution in [0, 0.1) is 0 Å². The summed E-state index contributed by atoms with van der Waals surface area (Å²) in [5.41, 5.74) is 11.8. The highest BCUT2D eigenvalue weighted by molar-refractivity contribution is 7.21. The molecule has 0 bridgehead atoms. The summed E-state index contributed by atoms with van der Waals surface area (Å²) in [6.07, 6.45) is 0. The second kappa shape index (κ2) is 9.60. The maximum atomic E-state index is 13.3. The van der Waals surface area contributed by atoms with Gasteiger partial charge in [-0.05, 0) is 41.8 Å². The van der Waals surface area contributed by atoms with Gasteiger partial charge in [-0.25, -0.2) is 4.98 Å². The second-order valence-corrected chi connectivity index (χ2v) is 9.28. The molecule has 0 aliphatic heterocycles. The van der Waals surface area contributed by atoms with Crippen LogP contribution in [0.25, 0.3) is 32.6 Å². The molecule has 35 heavy (non-hydrogen) atoms. The lowest BCUT2D eigenvalue weighted by molar-refractivity contribution is 0.0945.